The van der Waals surface area contributed by atoms with Crippen molar-refractivity contribution >= 4 is 12.4 Å². The first kappa shape index (κ1) is 13.7. The Bertz CT molecular complexity index is 360. The molecule has 6 heteroatoms. The van der Waals surface area contributed by atoms with Gasteiger partial charge in [0, 0.05) is 0 Å². The molecule has 1 fully saturated rings. The van der Waals surface area contributed by atoms with Gasteiger partial charge in [-0.15, -0.1) is 5.46 Å². The van der Waals surface area contributed by atoms with Crippen molar-refractivity contribution in [3.8, 4) is 0 Å². The zero-order chi connectivity index (χ0) is 10.3. The number of hydrogen-bond acceptors (Lipinski definition) is 0. The Morgan fingerprint density at radius 3 is 2.20 bits per heavy atom. The SMILES string of the molecule is Fc1ccc(C2CC2)c([B-](F)(F)F)c1.[K+]. The summed E-state index contributed by atoms with van der Waals surface area (Å²) in [6.45, 7) is -5.09. The van der Waals surface area contributed by atoms with Crippen LogP contribution in [0.2, 0.25) is 0 Å². The van der Waals surface area contributed by atoms with E-state index in [9.17, 15) is 17.3 Å². The molecule has 1 aliphatic carbocycles. The van der Waals surface area contributed by atoms with Crippen LogP contribution >= 0.6 is 0 Å². The van der Waals surface area contributed by atoms with E-state index in [4.69, 9.17) is 0 Å². The van der Waals surface area contributed by atoms with Gasteiger partial charge in [-0.2, -0.15) is 0 Å². The van der Waals surface area contributed by atoms with Crippen molar-refractivity contribution in [2.24, 2.45) is 0 Å². The first-order valence-corrected chi connectivity index (χ1v) is 4.48. The van der Waals surface area contributed by atoms with Crippen molar-refractivity contribution in [2.75, 3.05) is 0 Å². The molecule has 0 atom stereocenters. The maximum atomic E-state index is 12.7. The van der Waals surface area contributed by atoms with Gasteiger partial charge in [0.15, 0.2) is 0 Å². The molecule has 0 aromatic heterocycles. The summed E-state index contributed by atoms with van der Waals surface area (Å²) < 4.78 is 50.2. The van der Waals surface area contributed by atoms with Crippen LogP contribution in [0, 0.1) is 5.82 Å². The van der Waals surface area contributed by atoms with E-state index in [-0.39, 0.29) is 62.9 Å². The normalized spacial score (nSPS) is 16.0. The van der Waals surface area contributed by atoms with E-state index < -0.39 is 18.3 Å². The summed E-state index contributed by atoms with van der Waals surface area (Å²) in [6, 6.07) is 2.96. The Morgan fingerprint density at radius 2 is 1.73 bits per heavy atom. The van der Waals surface area contributed by atoms with Crippen LogP contribution in [0.4, 0.5) is 17.3 Å². The molecule has 0 saturated heterocycles. The molecule has 76 valence electrons. The first-order chi connectivity index (χ1) is 6.48. The maximum Gasteiger partial charge on any atom is 1.00 e. The summed E-state index contributed by atoms with van der Waals surface area (Å²) in [5.74, 6) is -0.822. The summed E-state index contributed by atoms with van der Waals surface area (Å²) in [5.41, 5.74) is -0.494. The van der Waals surface area contributed by atoms with Crippen LogP contribution < -0.4 is 56.8 Å². The second-order valence-corrected chi connectivity index (χ2v) is 3.62. The standard InChI is InChI=1S/C9H8BF4.K/c11-7-3-4-8(6-1-2-6)9(5-7)10(12,13)14;/h3-6H,1-2H2;/q-1;+1. The monoisotopic (exact) mass is 242 g/mol. The molecule has 0 bridgehead atoms. The molecule has 0 amide bonds. The molecular weight excluding hydrogens is 234 g/mol. The quantitative estimate of drug-likeness (QED) is 0.496. The van der Waals surface area contributed by atoms with Crippen molar-refractivity contribution in [2.45, 2.75) is 18.8 Å². The molecule has 0 spiro atoms. The van der Waals surface area contributed by atoms with Gasteiger partial charge in [0.25, 0.3) is 0 Å². The minimum atomic E-state index is -5.09. The average Bonchev–Trinajstić information content (AvgIpc) is 2.85. The predicted molar refractivity (Wildman–Crippen MR) is 47.1 cm³/mol. The Morgan fingerprint density at radius 1 is 1.13 bits per heavy atom. The van der Waals surface area contributed by atoms with Gasteiger partial charge in [-0.25, -0.2) is 4.39 Å². The summed E-state index contributed by atoms with van der Waals surface area (Å²) in [7, 11) is 0. The third-order valence-corrected chi connectivity index (χ3v) is 2.42. The van der Waals surface area contributed by atoms with Crippen molar-refractivity contribution < 1.29 is 68.7 Å². The molecule has 2 rings (SSSR count). The van der Waals surface area contributed by atoms with Crippen LogP contribution in [-0.2, 0) is 0 Å². The Labute approximate surface area is 128 Å². The van der Waals surface area contributed by atoms with E-state index in [2.05, 4.69) is 0 Å². The third-order valence-electron chi connectivity index (χ3n) is 2.42. The molecule has 0 N–H and O–H groups in total. The van der Waals surface area contributed by atoms with Gasteiger partial charge in [-0.3, -0.25) is 0 Å². The molecule has 1 aromatic carbocycles. The molecule has 15 heavy (non-hydrogen) atoms. The molecule has 0 heterocycles. The second kappa shape index (κ2) is 4.87. The van der Waals surface area contributed by atoms with Gasteiger partial charge in [-0.1, -0.05) is 17.7 Å². The van der Waals surface area contributed by atoms with E-state index in [1.165, 1.54) is 6.07 Å². The zero-order valence-corrected chi connectivity index (χ0v) is 11.4. The summed E-state index contributed by atoms with van der Waals surface area (Å²) in [4.78, 5) is 0. The average molecular weight is 242 g/mol. The molecule has 1 aliphatic rings. The van der Waals surface area contributed by atoms with E-state index in [1.807, 2.05) is 0 Å². The van der Waals surface area contributed by atoms with E-state index >= 15 is 0 Å². The van der Waals surface area contributed by atoms with Crippen LogP contribution in [0.25, 0.3) is 0 Å². The maximum absolute atomic E-state index is 12.7. The Kier molecular flexibility index (Phi) is 4.45. The minimum Gasteiger partial charge on any atom is -0.445 e. The van der Waals surface area contributed by atoms with Crippen LogP contribution in [0.15, 0.2) is 18.2 Å². The first-order valence-electron chi connectivity index (χ1n) is 4.48. The number of halogens is 4. The van der Waals surface area contributed by atoms with E-state index in [0.717, 1.165) is 18.9 Å². The number of benzene rings is 1. The van der Waals surface area contributed by atoms with E-state index in [0.29, 0.717) is 6.07 Å². The van der Waals surface area contributed by atoms with Gasteiger partial charge >= 0.3 is 58.4 Å². The number of rotatable bonds is 2. The topological polar surface area (TPSA) is 0 Å². The predicted octanol–water partition coefficient (Wildman–Crippen LogP) is -0.238. The minimum absolute atomic E-state index is 0. The van der Waals surface area contributed by atoms with Crippen molar-refractivity contribution in [3.63, 3.8) is 0 Å². The summed E-state index contributed by atoms with van der Waals surface area (Å²) in [5, 5.41) is 0. The van der Waals surface area contributed by atoms with Crippen LogP contribution in [0.3, 0.4) is 0 Å². The van der Waals surface area contributed by atoms with E-state index in [1.54, 1.807) is 0 Å². The molecule has 0 aliphatic heterocycles. The molecule has 1 aromatic rings. The van der Waals surface area contributed by atoms with Gasteiger partial charge in [0.05, 0.1) is 0 Å². The summed E-state index contributed by atoms with van der Waals surface area (Å²) in [6.07, 6.45) is 1.57. The van der Waals surface area contributed by atoms with Crippen LogP contribution in [0.1, 0.15) is 24.3 Å². The molecule has 1 saturated carbocycles. The number of hydrogen-bond donors (Lipinski definition) is 0. The van der Waals surface area contributed by atoms with Gasteiger partial charge in [0.2, 0.25) is 0 Å². The van der Waals surface area contributed by atoms with Gasteiger partial charge in [0.1, 0.15) is 5.82 Å². The molecule has 0 unspecified atom stereocenters. The smallest absolute Gasteiger partial charge is 0.445 e. The van der Waals surface area contributed by atoms with Gasteiger partial charge < -0.3 is 12.9 Å². The largest absolute Gasteiger partial charge is 1.00 e. The second-order valence-electron chi connectivity index (χ2n) is 3.62. The summed E-state index contributed by atoms with van der Waals surface area (Å²) >= 11 is 0. The van der Waals surface area contributed by atoms with Crippen molar-refractivity contribution in [1.82, 2.24) is 0 Å². The van der Waals surface area contributed by atoms with Crippen LogP contribution in [0.5, 0.6) is 0 Å². The molecule has 0 nitrogen and oxygen atoms in total. The molecular formula is C9H8BF4K. The fraction of sp³-hybridized carbons (Fsp3) is 0.333. The Balaban J connectivity index is 0.00000112. The fourth-order valence-corrected chi connectivity index (χ4v) is 1.60. The Hall–Kier alpha value is 0.641. The van der Waals surface area contributed by atoms with Crippen molar-refractivity contribution in [1.29, 1.82) is 0 Å². The van der Waals surface area contributed by atoms with Gasteiger partial charge in [-0.05, 0) is 24.8 Å². The van der Waals surface area contributed by atoms with Crippen LogP contribution in [-0.4, -0.2) is 6.98 Å². The molecule has 0 radical (unpaired) electrons. The zero-order valence-electron chi connectivity index (χ0n) is 8.31. The fourth-order valence-electron chi connectivity index (χ4n) is 1.60. The third kappa shape index (κ3) is 3.30. The van der Waals surface area contributed by atoms with Crippen molar-refractivity contribution in [3.05, 3.63) is 29.6 Å².